The molecule has 0 unspecified atom stereocenters. The molecule has 0 bridgehead atoms. The molecule has 0 atom stereocenters. The number of terminal acetylenes is 1. The van der Waals surface area contributed by atoms with Gasteiger partial charge in [-0.3, -0.25) is 9.59 Å². The summed E-state index contributed by atoms with van der Waals surface area (Å²) in [4.78, 5) is 31.9. The molecular formula is C19H25N5O2. The Morgan fingerprint density at radius 3 is 2.54 bits per heavy atom. The minimum Gasteiger partial charge on any atom is -0.357 e. The first kappa shape index (κ1) is 19.3. The van der Waals surface area contributed by atoms with Crippen LogP contribution in [0.15, 0.2) is 29.3 Å². The minimum atomic E-state index is -0.211. The second kappa shape index (κ2) is 9.47. The van der Waals surface area contributed by atoms with Crippen molar-refractivity contribution in [1.82, 2.24) is 15.1 Å². The Labute approximate surface area is 154 Å². The van der Waals surface area contributed by atoms with Crippen LogP contribution in [0.4, 0.5) is 5.69 Å². The van der Waals surface area contributed by atoms with Gasteiger partial charge in [-0.25, -0.2) is 4.99 Å². The maximum absolute atomic E-state index is 12.2. The maximum atomic E-state index is 12.2. The zero-order valence-electron chi connectivity index (χ0n) is 15.3. The third-order valence-electron chi connectivity index (χ3n) is 4.04. The standard InChI is InChI=1S/C19H25N5O2/c1-4-16-7-6-8-17(13-16)22-18(26)14-21-19(20-5-2)24-11-9-23(10-12-24)15(3)25/h1,6-8,13H,5,9-12,14H2,2-3H3,(H,20,21)(H,22,26). The van der Waals surface area contributed by atoms with Gasteiger partial charge in [0, 0.05) is 50.9 Å². The second-order valence-electron chi connectivity index (χ2n) is 5.94. The van der Waals surface area contributed by atoms with Crippen LogP contribution in [-0.4, -0.2) is 66.8 Å². The molecule has 7 nitrogen and oxygen atoms in total. The largest absolute Gasteiger partial charge is 0.357 e. The van der Waals surface area contributed by atoms with Gasteiger partial charge < -0.3 is 20.4 Å². The lowest BCUT2D eigenvalue weighted by Crippen LogP contribution is -2.53. The fraction of sp³-hybridized carbons (Fsp3) is 0.421. The Balaban J connectivity index is 1.94. The molecule has 2 amide bonds. The van der Waals surface area contributed by atoms with Gasteiger partial charge in [0.2, 0.25) is 11.8 Å². The fourth-order valence-corrected chi connectivity index (χ4v) is 2.69. The van der Waals surface area contributed by atoms with E-state index < -0.39 is 0 Å². The van der Waals surface area contributed by atoms with E-state index in [1.165, 1.54) is 0 Å². The quantitative estimate of drug-likeness (QED) is 0.474. The van der Waals surface area contributed by atoms with Crippen molar-refractivity contribution in [1.29, 1.82) is 0 Å². The number of aliphatic imine (C=N–C) groups is 1. The molecule has 138 valence electrons. The number of benzene rings is 1. The minimum absolute atomic E-state index is 0.00946. The number of anilines is 1. The van der Waals surface area contributed by atoms with Crippen LogP contribution >= 0.6 is 0 Å². The molecule has 7 heteroatoms. The van der Waals surface area contributed by atoms with E-state index in [2.05, 4.69) is 26.4 Å². The van der Waals surface area contributed by atoms with Crippen molar-refractivity contribution in [3.8, 4) is 12.3 Å². The molecule has 1 fully saturated rings. The van der Waals surface area contributed by atoms with Crippen LogP contribution in [0.25, 0.3) is 0 Å². The molecule has 0 aliphatic carbocycles. The molecule has 1 heterocycles. The highest BCUT2D eigenvalue weighted by Crippen LogP contribution is 2.09. The summed E-state index contributed by atoms with van der Waals surface area (Å²) in [6, 6.07) is 7.13. The lowest BCUT2D eigenvalue weighted by Gasteiger charge is -2.36. The van der Waals surface area contributed by atoms with E-state index in [9.17, 15) is 9.59 Å². The number of piperazine rings is 1. The topological polar surface area (TPSA) is 77.0 Å². The summed E-state index contributed by atoms with van der Waals surface area (Å²) in [7, 11) is 0. The van der Waals surface area contributed by atoms with Gasteiger partial charge in [0.25, 0.3) is 0 Å². The predicted molar refractivity (Wildman–Crippen MR) is 103 cm³/mol. The lowest BCUT2D eigenvalue weighted by atomic mass is 10.2. The summed E-state index contributed by atoms with van der Waals surface area (Å²) in [5, 5.41) is 6.00. The average Bonchev–Trinajstić information content (AvgIpc) is 2.65. The van der Waals surface area contributed by atoms with E-state index in [0.29, 0.717) is 49.9 Å². The highest BCUT2D eigenvalue weighted by molar-refractivity contribution is 5.94. The molecule has 0 aromatic heterocycles. The van der Waals surface area contributed by atoms with Crippen molar-refractivity contribution in [2.24, 2.45) is 4.99 Å². The zero-order chi connectivity index (χ0) is 18.9. The number of hydrogen-bond donors (Lipinski definition) is 2. The molecular weight excluding hydrogens is 330 g/mol. The number of carbonyl (C=O) groups excluding carboxylic acids is 2. The number of nitrogens with zero attached hydrogens (tertiary/aromatic N) is 3. The van der Waals surface area contributed by atoms with E-state index in [1.54, 1.807) is 31.2 Å². The number of guanidine groups is 1. The van der Waals surface area contributed by atoms with Crippen LogP contribution in [0.5, 0.6) is 0 Å². The highest BCUT2D eigenvalue weighted by Gasteiger charge is 2.21. The number of nitrogens with one attached hydrogen (secondary N) is 2. The van der Waals surface area contributed by atoms with Crippen molar-refractivity contribution < 1.29 is 9.59 Å². The van der Waals surface area contributed by atoms with Crippen LogP contribution in [-0.2, 0) is 9.59 Å². The lowest BCUT2D eigenvalue weighted by molar-refractivity contribution is -0.130. The molecule has 0 radical (unpaired) electrons. The highest BCUT2D eigenvalue weighted by atomic mass is 16.2. The molecule has 26 heavy (non-hydrogen) atoms. The van der Waals surface area contributed by atoms with Gasteiger partial charge in [-0.15, -0.1) is 6.42 Å². The predicted octanol–water partition coefficient (Wildman–Crippen LogP) is 0.736. The van der Waals surface area contributed by atoms with Crippen molar-refractivity contribution >= 4 is 23.5 Å². The molecule has 0 spiro atoms. The first-order valence-electron chi connectivity index (χ1n) is 8.68. The van der Waals surface area contributed by atoms with Gasteiger partial charge in [-0.1, -0.05) is 12.0 Å². The summed E-state index contributed by atoms with van der Waals surface area (Å²) in [5.41, 5.74) is 1.36. The monoisotopic (exact) mass is 355 g/mol. The summed E-state index contributed by atoms with van der Waals surface area (Å²) >= 11 is 0. The molecule has 2 rings (SSSR count). The maximum Gasteiger partial charge on any atom is 0.246 e. The number of hydrogen-bond acceptors (Lipinski definition) is 3. The average molecular weight is 355 g/mol. The molecule has 1 aliphatic heterocycles. The van der Waals surface area contributed by atoms with E-state index in [-0.39, 0.29) is 18.4 Å². The van der Waals surface area contributed by atoms with Crippen LogP contribution < -0.4 is 10.6 Å². The molecule has 1 aromatic rings. The first-order valence-corrected chi connectivity index (χ1v) is 8.68. The summed E-state index contributed by atoms with van der Waals surface area (Å²) in [6.45, 7) is 6.97. The Morgan fingerprint density at radius 1 is 1.23 bits per heavy atom. The molecule has 2 N–H and O–H groups in total. The van der Waals surface area contributed by atoms with Crippen LogP contribution in [0.2, 0.25) is 0 Å². The van der Waals surface area contributed by atoms with Crippen molar-refractivity contribution in [2.75, 3.05) is 44.6 Å². The van der Waals surface area contributed by atoms with Gasteiger partial charge >= 0.3 is 0 Å². The number of rotatable bonds is 4. The first-order chi connectivity index (χ1) is 12.5. The van der Waals surface area contributed by atoms with Gasteiger partial charge in [0.05, 0.1) is 0 Å². The SMILES string of the molecule is C#Cc1cccc(NC(=O)CN=C(NCC)N2CCN(C(C)=O)CC2)c1. The smallest absolute Gasteiger partial charge is 0.246 e. The normalized spacial score (nSPS) is 14.6. The summed E-state index contributed by atoms with van der Waals surface area (Å²) < 4.78 is 0. The Kier molecular flexibility index (Phi) is 7.03. The Morgan fingerprint density at radius 2 is 1.92 bits per heavy atom. The molecule has 1 saturated heterocycles. The van der Waals surface area contributed by atoms with Crippen molar-refractivity contribution in [2.45, 2.75) is 13.8 Å². The van der Waals surface area contributed by atoms with Crippen LogP contribution in [0.3, 0.4) is 0 Å². The summed E-state index contributed by atoms with van der Waals surface area (Å²) in [6.07, 6.45) is 5.37. The Bertz CT molecular complexity index is 715. The van der Waals surface area contributed by atoms with Crippen LogP contribution in [0, 0.1) is 12.3 Å². The van der Waals surface area contributed by atoms with Gasteiger partial charge in [0.1, 0.15) is 6.54 Å². The van der Waals surface area contributed by atoms with Gasteiger partial charge in [-0.05, 0) is 25.1 Å². The third kappa shape index (κ3) is 5.52. The van der Waals surface area contributed by atoms with E-state index >= 15 is 0 Å². The number of amides is 2. The molecule has 1 aliphatic rings. The van der Waals surface area contributed by atoms with Gasteiger partial charge in [-0.2, -0.15) is 0 Å². The molecule has 1 aromatic carbocycles. The van der Waals surface area contributed by atoms with Crippen LogP contribution in [0.1, 0.15) is 19.4 Å². The van der Waals surface area contributed by atoms with Crippen molar-refractivity contribution in [3.63, 3.8) is 0 Å². The van der Waals surface area contributed by atoms with Gasteiger partial charge in [0.15, 0.2) is 5.96 Å². The van der Waals surface area contributed by atoms with E-state index in [4.69, 9.17) is 6.42 Å². The van der Waals surface area contributed by atoms with E-state index in [1.807, 2.05) is 11.8 Å². The summed E-state index contributed by atoms with van der Waals surface area (Å²) in [5.74, 6) is 3.09. The Hall–Kier alpha value is -3.01. The number of carbonyl (C=O) groups is 2. The third-order valence-corrected chi connectivity index (χ3v) is 4.04. The second-order valence-corrected chi connectivity index (χ2v) is 5.94. The fourth-order valence-electron chi connectivity index (χ4n) is 2.69. The zero-order valence-corrected chi connectivity index (χ0v) is 15.3. The van der Waals surface area contributed by atoms with Crippen molar-refractivity contribution in [3.05, 3.63) is 29.8 Å². The molecule has 0 saturated carbocycles. The van der Waals surface area contributed by atoms with E-state index in [0.717, 1.165) is 0 Å².